The third-order valence-corrected chi connectivity index (χ3v) is 3.96. The van der Waals surface area contributed by atoms with Gasteiger partial charge in [-0.25, -0.2) is 13.6 Å². The van der Waals surface area contributed by atoms with Crippen molar-refractivity contribution >= 4 is 17.6 Å². The van der Waals surface area contributed by atoms with Crippen molar-refractivity contribution in [3.8, 4) is 0 Å². The largest absolute Gasteiger partial charge is 0.461 e. The Kier molecular flexibility index (Phi) is 5.56. The molecule has 0 bridgehead atoms. The number of nitrogens with zero attached hydrogens (tertiary/aromatic N) is 1. The molecule has 0 aliphatic heterocycles. The third kappa shape index (κ3) is 3.55. The highest BCUT2D eigenvalue weighted by Crippen LogP contribution is 2.25. The lowest BCUT2D eigenvalue weighted by Gasteiger charge is -2.08. The number of rotatable bonds is 5. The average molecular weight is 350 g/mol. The number of ether oxygens (including phenoxy) is 1. The SMILES string of the molecule is CCOC(=O)c1c(C)c(C(=O)Nc2ccc(F)c(F)c2)c(C)n1CC. The number of hydrogen-bond acceptors (Lipinski definition) is 3. The summed E-state index contributed by atoms with van der Waals surface area (Å²) in [5, 5.41) is 2.53. The van der Waals surface area contributed by atoms with E-state index in [1.807, 2.05) is 6.92 Å². The molecule has 5 nitrogen and oxygen atoms in total. The molecule has 1 heterocycles. The number of halogens is 2. The van der Waals surface area contributed by atoms with Crippen LogP contribution in [0.5, 0.6) is 0 Å². The number of esters is 1. The maximum absolute atomic E-state index is 13.3. The Morgan fingerprint density at radius 1 is 1.16 bits per heavy atom. The van der Waals surface area contributed by atoms with Crippen LogP contribution in [0.25, 0.3) is 0 Å². The standard InChI is InChI=1S/C18H20F2N2O3/c1-5-22-11(4)15(10(3)16(22)18(24)25-6-2)17(23)21-12-7-8-13(19)14(20)9-12/h7-9H,5-6H2,1-4H3,(H,21,23). The van der Waals surface area contributed by atoms with Gasteiger partial charge >= 0.3 is 5.97 Å². The van der Waals surface area contributed by atoms with Gasteiger partial charge in [0.15, 0.2) is 11.6 Å². The first-order chi connectivity index (χ1) is 11.8. The fourth-order valence-corrected chi connectivity index (χ4v) is 2.85. The molecule has 7 heteroatoms. The van der Waals surface area contributed by atoms with Crippen LogP contribution in [0.15, 0.2) is 18.2 Å². The minimum atomic E-state index is -1.05. The van der Waals surface area contributed by atoms with Crippen molar-refractivity contribution < 1.29 is 23.1 Å². The van der Waals surface area contributed by atoms with Crippen molar-refractivity contribution in [2.45, 2.75) is 34.2 Å². The molecule has 0 unspecified atom stereocenters. The maximum Gasteiger partial charge on any atom is 0.355 e. The molecule has 0 radical (unpaired) electrons. The van der Waals surface area contributed by atoms with Crippen LogP contribution in [0.2, 0.25) is 0 Å². The van der Waals surface area contributed by atoms with Gasteiger partial charge in [0.25, 0.3) is 5.91 Å². The molecule has 2 aromatic rings. The lowest BCUT2D eigenvalue weighted by Crippen LogP contribution is -2.14. The fraction of sp³-hybridized carbons (Fsp3) is 0.333. The zero-order valence-electron chi connectivity index (χ0n) is 14.6. The van der Waals surface area contributed by atoms with Crippen LogP contribution in [0.4, 0.5) is 14.5 Å². The molecule has 1 N–H and O–H groups in total. The molecular weight excluding hydrogens is 330 g/mol. The summed E-state index contributed by atoms with van der Waals surface area (Å²) >= 11 is 0. The molecular formula is C18H20F2N2O3. The smallest absolute Gasteiger partial charge is 0.355 e. The van der Waals surface area contributed by atoms with Gasteiger partial charge in [0.05, 0.1) is 12.2 Å². The molecule has 1 aromatic carbocycles. The van der Waals surface area contributed by atoms with Crippen molar-refractivity contribution in [2.24, 2.45) is 0 Å². The molecule has 0 fully saturated rings. The van der Waals surface area contributed by atoms with Gasteiger partial charge in [-0.2, -0.15) is 0 Å². The minimum Gasteiger partial charge on any atom is -0.461 e. The van der Waals surface area contributed by atoms with E-state index < -0.39 is 23.5 Å². The predicted molar refractivity (Wildman–Crippen MR) is 89.8 cm³/mol. The van der Waals surface area contributed by atoms with Crippen LogP contribution in [0, 0.1) is 25.5 Å². The van der Waals surface area contributed by atoms with Gasteiger partial charge in [-0.15, -0.1) is 0 Å². The van der Waals surface area contributed by atoms with Crippen LogP contribution < -0.4 is 5.32 Å². The summed E-state index contributed by atoms with van der Waals surface area (Å²) < 4.78 is 33.1. The van der Waals surface area contributed by atoms with E-state index in [1.165, 1.54) is 6.07 Å². The van der Waals surface area contributed by atoms with Gasteiger partial charge < -0.3 is 14.6 Å². The van der Waals surface area contributed by atoms with Crippen molar-refractivity contribution in [2.75, 3.05) is 11.9 Å². The highest BCUT2D eigenvalue weighted by Gasteiger charge is 2.26. The van der Waals surface area contributed by atoms with Gasteiger partial charge in [0, 0.05) is 24.0 Å². The first kappa shape index (κ1) is 18.6. The van der Waals surface area contributed by atoms with E-state index >= 15 is 0 Å². The molecule has 25 heavy (non-hydrogen) atoms. The number of anilines is 1. The second-order valence-electron chi connectivity index (χ2n) is 5.48. The van der Waals surface area contributed by atoms with Gasteiger partial charge in [-0.3, -0.25) is 4.79 Å². The van der Waals surface area contributed by atoms with E-state index in [-0.39, 0.29) is 12.3 Å². The zero-order valence-corrected chi connectivity index (χ0v) is 14.6. The summed E-state index contributed by atoms with van der Waals surface area (Å²) in [5.74, 6) is -3.05. The topological polar surface area (TPSA) is 60.3 Å². The summed E-state index contributed by atoms with van der Waals surface area (Å²) in [6.45, 7) is 7.65. The molecule has 0 aliphatic rings. The van der Waals surface area contributed by atoms with E-state index in [2.05, 4.69) is 5.32 Å². The van der Waals surface area contributed by atoms with E-state index in [4.69, 9.17) is 4.74 Å². The molecule has 0 saturated heterocycles. The number of benzene rings is 1. The normalized spacial score (nSPS) is 10.6. The van der Waals surface area contributed by atoms with Crippen molar-refractivity contribution in [3.63, 3.8) is 0 Å². The Morgan fingerprint density at radius 3 is 2.40 bits per heavy atom. The molecule has 0 saturated carbocycles. The Balaban J connectivity index is 2.42. The fourth-order valence-electron chi connectivity index (χ4n) is 2.85. The first-order valence-corrected chi connectivity index (χ1v) is 7.94. The monoisotopic (exact) mass is 350 g/mol. The molecule has 2 rings (SSSR count). The summed E-state index contributed by atoms with van der Waals surface area (Å²) in [7, 11) is 0. The molecule has 134 valence electrons. The van der Waals surface area contributed by atoms with Gasteiger partial charge in [0.1, 0.15) is 5.69 Å². The average Bonchev–Trinajstić information content (AvgIpc) is 2.81. The Labute approximate surface area is 144 Å². The van der Waals surface area contributed by atoms with E-state index in [9.17, 15) is 18.4 Å². The Morgan fingerprint density at radius 2 is 1.84 bits per heavy atom. The number of aromatic nitrogens is 1. The predicted octanol–water partition coefficient (Wildman–Crippen LogP) is 3.83. The number of nitrogens with one attached hydrogen (secondary N) is 1. The van der Waals surface area contributed by atoms with Gasteiger partial charge in [0.2, 0.25) is 0 Å². The lowest BCUT2D eigenvalue weighted by atomic mass is 10.1. The second-order valence-corrected chi connectivity index (χ2v) is 5.48. The third-order valence-electron chi connectivity index (χ3n) is 3.96. The molecule has 0 aliphatic carbocycles. The van der Waals surface area contributed by atoms with Crippen molar-refractivity contribution in [1.29, 1.82) is 0 Å². The van der Waals surface area contributed by atoms with Crippen LogP contribution in [0.3, 0.4) is 0 Å². The first-order valence-electron chi connectivity index (χ1n) is 7.94. The molecule has 0 spiro atoms. The molecule has 0 atom stereocenters. The van der Waals surface area contributed by atoms with E-state index in [0.717, 1.165) is 12.1 Å². The van der Waals surface area contributed by atoms with Crippen LogP contribution in [-0.2, 0) is 11.3 Å². The summed E-state index contributed by atoms with van der Waals surface area (Å²) in [4.78, 5) is 24.8. The van der Waals surface area contributed by atoms with E-state index in [1.54, 1.807) is 25.3 Å². The van der Waals surface area contributed by atoms with Gasteiger partial charge in [-0.05, 0) is 45.4 Å². The van der Waals surface area contributed by atoms with Crippen LogP contribution in [0.1, 0.15) is 46.0 Å². The summed E-state index contributed by atoms with van der Waals surface area (Å²) in [6, 6.07) is 3.11. The lowest BCUT2D eigenvalue weighted by molar-refractivity contribution is 0.0512. The van der Waals surface area contributed by atoms with Crippen LogP contribution in [-0.4, -0.2) is 23.1 Å². The molecule has 1 amide bonds. The number of carbonyl (C=O) groups excluding carboxylic acids is 2. The number of hydrogen-bond donors (Lipinski definition) is 1. The van der Waals surface area contributed by atoms with Gasteiger partial charge in [-0.1, -0.05) is 0 Å². The quantitative estimate of drug-likeness (QED) is 0.834. The van der Waals surface area contributed by atoms with Crippen molar-refractivity contribution in [3.05, 3.63) is 52.3 Å². The number of amides is 1. The summed E-state index contributed by atoms with van der Waals surface area (Å²) in [5.41, 5.74) is 1.84. The zero-order chi connectivity index (χ0) is 18.7. The highest BCUT2D eigenvalue weighted by atomic mass is 19.2. The van der Waals surface area contributed by atoms with Crippen LogP contribution >= 0.6 is 0 Å². The second kappa shape index (κ2) is 7.46. The Hall–Kier alpha value is -2.70. The Bertz CT molecular complexity index is 828. The van der Waals surface area contributed by atoms with Crippen molar-refractivity contribution in [1.82, 2.24) is 4.57 Å². The maximum atomic E-state index is 13.3. The molecule has 1 aromatic heterocycles. The summed E-state index contributed by atoms with van der Waals surface area (Å²) in [6.07, 6.45) is 0. The minimum absolute atomic E-state index is 0.129. The highest BCUT2D eigenvalue weighted by molar-refractivity contribution is 6.08. The van der Waals surface area contributed by atoms with E-state index in [0.29, 0.717) is 29.1 Å². The number of carbonyl (C=O) groups is 2.